The highest BCUT2D eigenvalue weighted by Gasteiger charge is 1.99. The lowest BCUT2D eigenvalue weighted by Crippen LogP contribution is -2.37. The summed E-state index contributed by atoms with van der Waals surface area (Å²) in [6.07, 6.45) is 0. The predicted molar refractivity (Wildman–Crippen MR) is 47.6 cm³/mol. The zero-order chi connectivity index (χ0) is 9.68. The molecule has 0 fully saturated rings. The van der Waals surface area contributed by atoms with E-state index in [-0.39, 0.29) is 5.69 Å². The average Bonchev–Trinajstić information content (AvgIpc) is 2.16. The first-order chi connectivity index (χ1) is 6.24. The first-order valence-electron chi connectivity index (χ1n) is 3.72. The molecule has 0 aliphatic carbocycles. The highest BCUT2D eigenvalue weighted by atomic mass is 19.1. The Balaban J connectivity index is 2.54. The van der Waals surface area contributed by atoms with Crippen molar-refractivity contribution in [3.63, 3.8) is 0 Å². The third-order valence-corrected chi connectivity index (χ3v) is 1.41. The number of benzene rings is 1. The first kappa shape index (κ1) is 9.31. The molecule has 1 rings (SSSR count). The number of hydrogen-bond acceptors (Lipinski definition) is 2. The molecule has 13 heavy (non-hydrogen) atoms. The molecule has 0 atom stereocenters. The Morgan fingerprint density at radius 1 is 1.38 bits per heavy atom. The summed E-state index contributed by atoms with van der Waals surface area (Å²) in [7, 11) is 1.47. The van der Waals surface area contributed by atoms with Gasteiger partial charge < -0.3 is 5.32 Å². The van der Waals surface area contributed by atoms with E-state index in [4.69, 9.17) is 0 Å². The van der Waals surface area contributed by atoms with Crippen LogP contribution >= 0.6 is 0 Å². The number of urea groups is 1. The molecule has 0 aliphatic rings. The van der Waals surface area contributed by atoms with E-state index in [9.17, 15) is 9.18 Å². The summed E-state index contributed by atoms with van der Waals surface area (Å²) >= 11 is 0. The van der Waals surface area contributed by atoms with Crippen LogP contribution in [-0.2, 0) is 0 Å². The van der Waals surface area contributed by atoms with Gasteiger partial charge in [-0.3, -0.25) is 10.9 Å². The van der Waals surface area contributed by atoms with Gasteiger partial charge in [0.15, 0.2) is 0 Å². The van der Waals surface area contributed by atoms with Crippen molar-refractivity contribution in [2.75, 3.05) is 12.5 Å². The molecule has 0 aliphatic heterocycles. The SMILES string of the molecule is CNC(=O)NNc1ccccc1F. The Hall–Kier alpha value is -1.78. The number of anilines is 1. The molecular formula is C8H10FN3O. The fourth-order valence-corrected chi connectivity index (χ4v) is 0.749. The molecule has 0 radical (unpaired) electrons. The Bertz CT molecular complexity index is 303. The maximum absolute atomic E-state index is 12.9. The lowest BCUT2D eigenvalue weighted by atomic mass is 10.3. The monoisotopic (exact) mass is 183 g/mol. The Morgan fingerprint density at radius 3 is 2.69 bits per heavy atom. The minimum absolute atomic E-state index is 0.228. The van der Waals surface area contributed by atoms with E-state index in [0.717, 1.165) is 0 Å². The number of para-hydroxylation sites is 1. The molecule has 0 saturated carbocycles. The number of hydrogen-bond donors (Lipinski definition) is 3. The zero-order valence-electron chi connectivity index (χ0n) is 7.10. The summed E-state index contributed by atoms with van der Waals surface area (Å²) in [5, 5.41) is 2.32. The van der Waals surface area contributed by atoms with E-state index >= 15 is 0 Å². The predicted octanol–water partition coefficient (Wildman–Crippen LogP) is 1.08. The van der Waals surface area contributed by atoms with Crippen LogP contribution in [0.25, 0.3) is 0 Å². The fraction of sp³-hybridized carbons (Fsp3) is 0.125. The third kappa shape index (κ3) is 2.62. The van der Waals surface area contributed by atoms with Crippen molar-refractivity contribution < 1.29 is 9.18 Å². The molecule has 0 unspecified atom stereocenters. The normalized spacial score (nSPS) is 9.08. The third-order valence-electron chi connectivity index (χ3n) is 1.41. The van der Waals surface area contributed by atoms with E-state index in [1.807, 2.05) is 0 Å². The van der Waals surface area contributed by atoms with E-state index in [1.54, 1.807) is 12.1 Å². The molecular weight excluding hydrogens is 173 g/mol. The topological polar surface area (TPSA) is 53.2 Å². The summed E-state index contributed by atoms with van der Waals surface area (Å²) in [5.41, 5.74) is 4.90. The van der Waals surface area contributed by atoms with Crippen molar-refractivity contribution in [2.24, 2.45) is 0 Å². The quantitative estimate of drug-likeness (QED) is 0.601. The summed E-state index contributed by atoms with van der Waals surface area (Å²) in [4.78, 5) is 10.7. The van der Waals surface area contributed by atoms with Gasteiger partial charge in [-0.25, -0.2) is 9.18 Å². The van der Waals surface area contributed by atoms with E-state index in [0.29, 0.717) is 0 Å². The molecule has 0 saturated heterocycles. The molecule has 0 heterocycles. The van der Waals surface area contributed by atoms with Crippen LogP contribution in [0.3, 0.4) is 0 Å². The molecule has 0 spiro atoms. The van der Waals surface area contributed by atoms with Crippen LogP contribution in [0.5, 0.6) is 0 Å². The van der Waals surface area contributed by atoms with Crippen LogP contribution in [0.2, 0.25) is 0 Å². The summed E-state index contributed by atoms with van der Waals surface area (Å²) in [6.45, 7) is 0. The second-order valence-corrected chi connectivity index (χ2v) is 2.31. The molecule has 2 amide bonds. The van der Waals surface area contributed by atoms with Gasteiger partial charge in [0.1, 0.15) is 5.82 Å². The second kappa shape index (κ2) is 4.30. The van der Waals surface area contributed by atoms with Crippen LogP contribution in [0.1, 0.15) is 0 Å². The lowest BCUT2D eigenvalue weighted by Gasteiger charge is -2.07. The number of nitrogens with one attached hydrogen (secondary N) is 3. The van der Waals surface area contributed by atoms with Gasteiger partial charge in [0.2, 0.25) is 0 Å². The summed E-state index contributed by atoms with van der Waals surface area (Å²) < 4.78 is 12.9. The highest BCUT2D eigenvalue weighted by molar-refractivity contribution is 5.75. The van der Waals surface area contributed by atoms with Crippen LogP contribution < -0.4 is 16.2 Å². The number of carbonyl (C=O) groups excluding carboxylic acids is 1. The maximum atomic E-state index is 12.9. The number of amides is 2. The van der Waals surface area contributed by atoms with Gasteiger partial charge in [0.05, 0.1) is 5.69 Å². The fourth-order valence-electron chi connectivity index (χ4n) is 0.749. The number of hydrazine groups is 1. The van der Waals surface area contributed by atoms with E-state index in [1.165, 1.54) is 19.2 Å². The van der Waals surface area contributed by atoms with Gasteiger partial charge in [-0.15, -0.1) is 0 Å². The molecule has 4 nitrogen and oxygen atoms in total. The number of halogens is 1. The maximum Gasteiger partial charge on any atom is 0.333 e. The first-order valence-corrected chi connectivity index (χ1v) is 3.72. The number of rotatable bonds is 2. The smallest absolute Gasteiger partial charge is 0.333 e. The summed E-state index contributed by atoms with van der Waals surface area (Å²) in [5.74, 6) is -0.418. The van der Waals surface area contributed by atoms with E-state index in [2.05, 4.69) is 16.2 Å². The second-order valence-electron chi connectivity index (χ2n) is 2.31. The van der Waals surface area contributed by atoms with Gasteiger partial charge in [0.25, 0.3) is 0 Å². The summed E-state index contributed by atoms with van der Waals surface area (Å²) in [6, 6.07) is 5.62. The minimum Gasteiger partial charge on any atom is -0.340 e. The molecule has 70 valence electrons. The van der Waals surface area contributed by atoms with Crippen molar-refractivity contribution in [3.8, 4) is 0 Å². The molecule has 1 aromatic carbocycles. The Morgan fingerprint density at radius 2 is 2.08 bits per heavy atom. The Labute approximate surface area is 75.1 Å². The van der Waals surface area contributed by atoms with Gasteiger partial charge in [0, 0.05) is 7.05 Å². The highest BCUT2D eigenvalue weighted by Crippen LogP contribution is 2.10. The van der Waals surface area contributed by atoms with Gasteiger partial charge in [-0.05, 0) is 12.1 Å². The molecule has 3 N–H and O–H groups in total. The Kier molecular flexibility index (Phi) is 3.08. The van der Waals surface area contributed by atoms with Crippen molar-refractivity contribution in [3.05, 3.63) is 30.1 Å². The molecule has 0 bridgehead atoms. The van der Waals surface area contributed by atoms with Crippen LogP contribution in [0.4, 0.5) is 14.9 Å². The standard InChI is InChI=1S/C8H10FN3O/c1-10-8(13)12-11-7-5-3-2-4-6(7)9/h2-5,11H,1H3,(H2,10,12,13). The molecule has 1 aromatic rings. The molecule has 0 aromatic heterocycles. The van der Waals surface area contributed by atoms with Crippen LogP contribution in [0, 0.1) is 5.82 Å². The van der Waals surface area contributed by atoms with Gasteiger partial charge >= 0.3 is 6.03 Å². The lowest BCUT2D eigenvalue weighted by molar-refractivity contribution is 0.244. The number of carbonyl (C=O) groups is 1. The van der Waals surface area contributed by atoms with Crippen LogP contribution in [-0.4, -0.2) is 13.1 Å². The zero-order valence-corrected chi connectivity index (χ0v) is 7.10. The van der Waals surface area contributed by atoms with Crippen molar-refractivity contribution >= 4 is 11.7 Å². The van der Waals surface area contributed by atoms with Crippen molar-refractivity contribution in [2.45, 2.75) is 0 Å². The van der Waals surface area contributed by atoms with Gasteiger partial charge in [-0.2, -0.15) is 0 Å². The average molecular weight is 183 g/mol. The largest absolute Gasteiger partial charge is 0.340 e. The van der Waals surface area contributed by atoms with Gasteiger partial charge in [-0.1, -0.05) is 12.1 Å². The van der Waals surface area contributed by atoms with Crippen molar-refractivity contribution in [1.82, 2.24) is 10.7 Å². The minimum atomic E-state index is -0.428. The molecule has 5 heteroatoms. The van der Waals surface area contributed by atoms with E-state index < -0.39 is 11.8 Å². The van der Waals surface area contributed by atoms with Crippen LogP contribution in [0.15, 0.2) is 24.3 Å². The van der Waals surface area contributed by atoms with Crippen molar-refractivity contribution in [1.29, 1.82) is 0 Å².